The Morgan fingerprint density at radius 3 is 2.06 bits per heavy atom. The number of nitrogens with one attached hydrogen (secondary N) is 2. The second kappa shape index (κ2) is 25.8. The summed E-state index contributed by atoms with van der Waals surface area (Å²) in [5.41, 5.74) is 9.39. The Labute approximate surface area is 478 Å². The number of benzene rings is 5. The van der Waals surface area contributed by atoms with Gasteiger partial charge in [-0.05, 0) is 128 Å². The molecule has 82 heavy (non-hydrogen) atoms. The predicted molar refractivity (Wildman–Crippen MR) is 312 cm³/mol. The molecule has 4 atom stereocenters. The highest BCUT2D eigenvalue weighted by Gasteiger charge is 2.39. The lowest BCUT2D eigenvalue weighted by atomic mass is 9.98. The van der Waals surface area contributed by atoms with Gasteiger partial charge in [0.15, 0.2) is 17.3 Å². The molecule has 6 amide bonds. The lowest BCUT2D eigenvalue weighted by Gasteiger charge is -2.23. The molecular formula is C65H70N6O11. The van der Waals surface area contributed by atoms with Crippen molar-refractivity contribution in [3.8, 4) is 17.2 Å². The quantitative estimate of drug-likeness (QED) is 0.0661. The van der Waals surface area contributed by atoms with Crippen LogP contribution in [0.25, 0.3) is 0 Å². The maximum Gasteiger partial charge on any atom is 0.261 e. The number of ketones is 2. The van der Waals surface area contributed by atoms with Gasteiger partial charge in [-0.2, -0.15) is 0 Å². The van der Waals surface area contributed by atoms with Gasteiger partial charge in [0.2, 0.25) is 11.8 Å². The minimum Gasteiger partial charge on any atom is -0.493 e. The first kappa shape index (κ1) is 57.9. The molecule has 426 valence electrons. The zero-order valence-electron chi connectivity index (χ0n) is 47.4. The Hall–Kier alpha value is -8.73. The molecule has 0 aromatic heterocycles. The second-order valence-electron chi connectivity index (χ2n) is 21.6. The number of rotatable bonds is 21. The molecule has 0 saturated heterocycles. The molecule has 17 nitrogen and oxygen atoms in total. The summed E-state index contributed by atoms with van der Waals surface area (Å²) in [6, 6.07) is 28.1. The number of carbonyl (C=O) groups excluding carboxylic acids is 8. The van der Waals surface area contributed by atoms with Crippen molar-refractivity contribution in [3.63, 3.8) is 0 Å². The average Bonchev–Trinajstić information content (AvgIpc) is 3.51. The van der Waals surface area contributed by atoms with Crippen LogP contribution < -0.4 is 34.6 Å². The molecule has 0 spiro atoms. The van der Waals surface area contributed by atoms with Gasteiger partial charge < -0.3 is 29.7 Å². The average molecular weight is 1110 g/mol. The number of anilines is 3. The smallest absolute Gasteiger partial charge is 0.261 e. The Bertz CT molecular complexity index is 3390. The number of aryl methyl sites for hydroxylation is 2. The summed E-state index contributed by atoms with van der Waals surface area (Å²) in [5, 5.41) is 5.76. The third kappa shape index (κ3) is 13.0. The topological polar surface area (TPSA) is 210 Å². The van der Waals surface area contributed by atoms with Gasteiger partial charge in [-0.25, -0.2) is 0 Å². The molecule has 5 heterocycles. The molecule has 5 aromatic rings. The highest BCUT2D eigenvalue weighted by atomic mass is 16.5. The van der Waals surface area contributed by atoms with E-state index in [4.69, 9.17) is 19.2 Å². The number of para-hydroxylation sites is 2. The van der Waals surface area contributed by atoms with Crippen LogP contribution in [0.1, 0.15) is 133 Å². The van der Waals surface area contributed by atoms with Gasteiger partial charge in [-0.15, -0.1) is 0 Å². The molecule has 5 aliphatic heterocycles. The van der Waals surface area contributed by atoms with Crippen LogP contribution in [0.5, 0.6) is 17.2 Å². The number of Topliss-reactive ketones (excluding diaryl/α,β-unsaturated/α-hetero) is 2. The van der Waals surface area contributed by atoms with Crippen molar-refractivity contribution >= 4 is 76.0 Å². The molecule has 0 bridgehead atoms. The molecule has 2 N–H and O–H groups in total. The summed E-state index contributed by atoms with van der Waals surface area (Å²) in [7, 11) is 1.52. The molecule has 0 aliphatic carbocycles. The van der Waals surface area contributed by atoms with Gasteiger partial charge in [0.25, 0.3) is 23.6 Å². The molecule has 5 aliphatic rings. The maximum atomic E-state index is 14.1. The van der Waals surface area contributed by atoms with Crippen LogP contribution in [0.3, 0.4) is 0 Å². The van der Waals surface area contributed by atoms with E-state index in [1.165, 1.54) is 24.8 Å². The normalized spacial score (nSPS) is 17.0. The molecule has 5 aromatic carbocycles. The van der Waals surface area contributed by atoms with E-state index in [0.717, 1.165) is 70.6 Å². The van der Waals surface area contributed by atoms with E-state index < -0.39 is 12.0 Å². The predicted octanol–water partition coefficient (Wildman–Crippen LogP) is 9.87. The lowest BCUT2D eigenvalue weighted by molar-refractivity contribution is -0.137. The van der Waals surface area contributed by atoms with E-state index in [1.54, 1.807) is 43.9 Å². The van der Waals surface area contributed by atoms with Gasteiger partial charge in [0.05, 0.1) is 30.4 Å². The van der Waals surface area contributed by atoms with Crippen LogP contribution in [0.15, 0.2) is 108 Å². The number of aliphatic imine (C=N–C) groups is 1. The van der Waals surface area contributed by atoms with Crippen LogP contribution in [0, 0.1) is 12.8 Å². The van der Waals surface area contributed by atoms with E-state index >= 15 is 0 Å². The number of hydrogen-bond donors (Lipinski definition) is 2. The van der Waals surface area contributed by atoms with Crippen molar-refractivity contribution in [1.29, 1.82) is 0 Å². The van der Waals surface area contributed by atoms with Crippen molar-refractivity contribution < 1.29 is 52.6 Å². The Morgan fingerprint density at radius 1 is 0.720 bits per heavy atom. The fourth-order valence-corrected chi connectivity index (χ4v) is 11.1. The van der Waals surface area contributed by atoms with Crippen LogP contribution >= 0.6 is 0 Å². The fourth-order valence-electron chi connectivity index (χ4n) is 11.1. The van der Waals surface area contributed by atoms with E-state index in [0.29, 0.717) is 84.0 Å². The van der Waals surface area contributed by atoms with Crippen molar-refractivity contribution in [2.24, 2.45) is 10.9 Å². The largest absolute Gasteiger partial charge is 0.493 e. The number of ether oxygens (including phenoxy) is 3. The molecule has 0 radical (unpaired) electrons. The lowest BCUT2D eigenvalue weighted by Crippen LogP contribution is -2.39. The number of carbonyl (C=O) groups is 8. The summed E-state index contributed by atoms with van der Waals surface area (Å²) < 4.78 is 18.7. The van der Waals surface area contributed by atoms with Crippen LogP contribution in [-0.2, 0) is 61.2 Å². The molecule has 0 unspecified atom stereocenters. The highest BCUT2D eigenvalue weighted by molar-refractivity contribution is 6.15. The van der Waals surface area contributed by atoms with Crippen LogP contribution in [-0.4, -0.2) is 89.9 Å². The molecule has 0 saturated carbocycles. The minimum absolute atomic E-state index is 0.00734. The van der Waals surface area contributed by atoms with Gasteiger partial charge in [-0.1, -0.05) is 63.6 Å². The number of imide groups is 1. The Kier molecular flexibility index (Phi) is 18.2. The summed E-state index contributed by atoms with van der Waals surface area (Å²) in [5.74, 6) is -0.627. The maximum absolute atomic E-state index is 14.1. The zero-order chi connectivity index (χ0) is 58.2. The van der Waals surface area contributed by atoms with Gasteiger partial charge >= 0.3 is 0 Å². The van der Waals surface area contributed by atoms with Gasteiger partial charge in [0.1, 0.15) is 24.7 Å². The SMILES string of the molecule is CCC(=O)CCCN1C(=O)C=CC1=O.CCCCC(=O)N[C@@H](C)C(=O)C[C@@H](C)C(=O)Nc1cc(COc2cc3c(cc2C)C(=O)N2c4ccccc4C[C@H]2CC3)cc(COc2cc3c(cc2OC)C(=O)N2c4ccccc4C[C@H]2C=N3)c1. The first-order valence-electron chi connectivity index (χ1n) is 28.3. The third-order valence-electron chi connectivity index (χ3n) is 15.6. The van der Waals surface area contributed by atoms with E-state index in [-0.39, 0.29) is 78.7 Å². The number of methoxy groups -OCH3 is 1. The van der Waals surface area contributed by atoms with Gasteiger partial charge in [0, 0.05) is 97.7 Å². The molecular weight excluding hydrogens is 1040 g/mol. The Morgan fingerprint density at radius 2 is 1.38 bits per heavy atom. The first-order chi connectivity index (χ1) is 39.5. The van der Waals surface area contributed by atoms with Crippen LogP contribution in [0.4, 0.5) is 22.7 Å². The Balaban J connectivity index is 0.000000507. The van der Waals surface area contributed by atoms with Crippen molar-refractivity contribution in [2.75, 3.05) is 28.8 Å². The summed E-state index contributed by atoms with van der Waals surface area (Å²) in [6.07, 6.45) is 10.8. The number of nitrogens with zero attached hydrogens (tertiary/aromatic N) is 4. The van der Waals surface area contributed by atoms with E-state index in [9.17, 15) is 38.4 Å². The number of amides is 6. The van der Waals surface area contributed by atoms with Crippen LogP contribution in [0.2, 0.25) is 0 Å². The fraction of sp³-hybridized carbons (Fsp3) is 0.369. The second-order valence-corrected chi connectivity index (χ2v) is 21.6. The molecule has 0 fully saturated rings. The molecule has 17 heteroatoms. The third-order valence-corrected chi connectivity index (χ3v) is 15.6. The van der Waals surface area contributed by atoms with E-state index in [1.807, 2.05) is 91.7 Å². The summed E-state index contributed by atoms with van der Waals surface area (Å²) >= 11 is 0. The zero-order valence-corrected chi connectivity index (χ0v) is 47.4. The van der Waals surface area contributed by atoms with Gasteiger partial charge in [-0.3, -0.25) is 53.1 Å². The molecule has 10 rings (SSSR count). The summed E-state index contributed by atoms with van der Waals surface area (Å²) in [6.45, 7) is 9.60. The number of fused-ring (bicyclic) bond motifs is 8. The van der Waals surface area contributed by atoms with Crippen molar-refractivity contribution in [1.82, 2.24) is 10.2 Å². The first-order valence-corrected chi connectivity index (χ1v) is 28.3. The highest BCUT2D eigenvalue weighted by Crippen LogP contribution is 2.42. The number of unbranched alkanes of at least 4 members (excludes halogenated alkanes) is 1. The van der Waals surface area contributed by atoms with E-state index in [2.05, 4.69) is 16.7 Å². The van der Waals surface area contributed by atoms with Crippen molar-refractivity contribution in [3.05, 3.63) is 148 Å². The minimum atomic E-state index is -0.718. The summed E-state index contributed by atoms with van der Waals surface area (Å²) in [4.78, 5) is 110. The monoisotopic (exact) mass is 1110 g/mol. The van der Waals surface area contributed by atoms with Crippen molar-refractivity contribution in [2.45, 2.75) is 137 Å². The number of hydrogen-bond acceptors (Lipinski definition) is 12. The standard InChI is InChI=1S/C55H57N5O8.C10H13NO3/c1-6-7-16-52(62)57-34(4)48(61)20-33(3)53(63)58-40-22-35(30-67-49-26-37-17-18-41-24-38-12-8-10-14-46(38)59(41)54(64)43(37)19-32(49)2)21-36(23-40)31-68-51-28-45-44(27-50(51)66-5)55(65)60-42(29-56-45)25-39-13-9-11-15-47(39)60;1-2-8(12)4-3-7-11-9(13)5-6-10(11)14/h8-15,19,21-23,26-29,33-34,41-42H,6-7,16-18,20,24-25,30-31H2,1-5H3,(H,57,62)(H,58,63);5-6H,2-4,7H2,1H3/t33-,34+,41-,42+;/m1./s1.